The van der Waals surface area contributed by atoms with E-state index >= 15 is 0 Å². The molecule has 0 spiro atoms. The van der Waals surface area contributed by atoms with Gasteiger partial charge in [-0.2, -0.15) is 0 Å². The molecular weight excluding hydrogens is 410 g/mol. The van der Waals surface area contributed by atoms with Crippen LogP contribution in [-0.2, 0) is 22.4 Å². The number of anilines is 1. The molecule has 0 radical (unpaired) electrons. The summed E-state index contributed by atoms with van der Waals surface area (Å²) in [6.07, 6.45) is 8.52. The van der Waals surface area contributed by atoms with Gasteiger partial charge < -0.3 is 20.5 Å². The zero-order valence-corrected chi connectivity index (χ0v) is 18.2. The van der Waals surface area contributed by atoms with Crippen molar-refractivity contribution in [3.8, 4) is 6.01 Å². The first-order valence-electron chi connectivity index (χ1n) is 11.1. The Morgan fingerprint density at radius 2 is 2.06 bits per heavy atom. The van der Waals surface area contributed by atoms with Crippen LogP contribution in [0.5, 0.6) is 6.01 Å². The fraction of sp³-hybridized carbons (Fsp3) is 0.522. The molecule has 2 aliphatic rings. The molecule has 3 heterocycles. The zero-order chi connectivity index (χ0) is 22.5. The number of nitrogens with one attached hydrogen (secondary N) is 2. The summed E-state index contributed by atoms with van der Waals surface area (Å²) in [5, 5.41) is 15.5. The average molecular weight is 440 g/mol. The molecule has 1 saturated carbocycles. The number of amides is 1. The van der Waals surface area contributed by atoms with Crippen LogP contribution in [0.4, 0.5) is 5.82 Å². The number of carbonyl (C=O) groups excluding carboxylic acids is 1. The number of ether oxygens (including phenoxy) is 1. The Bertz CT molecular complexity index is 959. The van der Waals surface area contributed by atoms with Crippen molar-refractivity contribution < 1.29 is 19.4 Å². The lowest BCUT2D eigenvalue weighted by atomic mass is 9.72. The van der Waals surface area contributed by atoms with Crippen molar-refractivity contribution in [2.24, 2.45) is 11.8 Å². The number of methoxy groups -OCH3 is 1. The van der Waals surface area contributed by atoms with Crippen LogP contribution in [0.1, 0.15) is 55.0 Å². The highest BCUT2D eigenvalue weighted by Gasteiger charge is 2.35. The minimum atomic E-state index is -0.996. The van der Waals surface area contributed by atoms with E-state index in [2.05, 4.69) is 32.7 Å². The van der Waals surface area contributed by atoms with E-state index in [1.165, 1.54) is 25.1 Å². The minimum absolute atomic E-state index is 0.0892. The summed E-state index contributed by atoms with van der Waals surface area (Å²) in [4.78, 5) is 36.8. The van der Waals surface area contributed by atoms with E-state index in [0.717, 1.165) is 56.6 Å². The maximum absolute atomic E-state index is 12.7. The van der Waals surface area contributed by atoms with Gasteiger partial charge in [-0.15, -0.1) is 0 Å². The van der Waals surface area contributed by atoms with Crippen LogP contribution in [0.3, 0.4) is 0 Å². The number of hydrogen-bond donors (Lipinski definition) is 3. The Balaban J connectivity index is 1.26. The Kier molecular flexibility index (Phi) is 6.82. The highest BCUT2D eigenvalue weighted by Crippen LogP contribution is 2.37. The Hall–Kier alpha value is -3.23. The number of carboxylic acids is 1. The molecule has 4 rings (SSSR count). The normalized spacial score (nSPS) is 20.3. The van der Waals surface area contributed by atoms with E-state index in [-0.39, 0.29) is 24.3 Å². The summed E-state index contributed by atoms with van der Waals surface area (Å²) in [5.41, 5.74) is 2.93. The maximum atomic E-state index is 12.7. The smallest absolute Gasteiger partial charge is 0.316 e. The van der Waals surface area contributed by atoms with E-state index in [1.54, 1.807) is 0 Å². The average Bonchev–Trinajstić information content (AvgIpc) is 2.77. The van der Waals surface area contributed by atoms with Gasteiger partial charge in [0.1, 0.15) is 5.82 Å². The monoisotopic (exact) mass is 439 g/mol. The van der Waals surface area contributed by atoms with Crippen LogP contribution in [0.25, 0.3) is 0 Å². The minimum Gasteiger partial charge on any atom is -0.481 e. The van der Waals surface area contributed by atoms with Crippen LogP contribution in [0.15, 0.2) is 24.5 Å². The van der Waals surface area contributed by atoms with Crippen molar-refractivity contribution in [3.05, 3.63) is 41.3 Å². The van der Waals surface area contributed by atoms with E-state index < -0.39 is 12.0 Å². The highest BCUT2D eigenvalue weighted by atomic mass is 16.5. The molecule has 0 aromatic carbocycles. The number of carbonyl (C=O) groups is 2. The van der Waals surface area contributed by atoms with Crippen molar-refractivity contribution in [1.82, 2.24) is 20.3 Å². The third-order valence-corrected chi connectivity index (χ3v) is 6.30. The van der Waals surface area contributed by atoms with Gasteiger partial charge in [0.15, 0.2) is 0 Å². The Morgan fingerprint density at radius 3 is 2.78 bits per heavy atom. The lowest BCUT2D eigenvalue weighted by Gasteiger charge is -2.35. The number of nitrogens with zero attached hydrogens (tertiary/aromatic N) is 3. The molecule has 3 N–H and O–H groups in total. The molecule has 1 aliphatic heterocycles. The van der Waals surface area contributed by atoms with Crippen molar-refractivity contribution in [1.29, 1.82) is 0 Å². The summed E-state index contributed by atoms with van der Waals surface area (Å²) in [7, 11) is 1.46. The van der Waals surface area contributed by atoms with Gasteiger partial charge in [-0.3, -0.25) is 9.59 Å². The van der Waals surface area contributed by atoms with Crippen LogP contribution in [-0.4, -0.2) is 45.6 Å². The molecule has 0 saturated heterocycles. The molecule has 1 fully saturated rings. The van der Waals surface area contributed by atoms with Gasteiger partial charge in [0, 0.05) is 36.1 Å². The first-order valence-corrected chi connectivity index (χ1v) is 11.1. The quantitative estimate of drug-likeness (QED) is 0.544. The third kappa shape index (κ3) is 5.33. The first-order chi connectivity index (χ1) is 15.5. The van der Waals surface area contributed by atoms with E-state index in [1.807, 2.05) is 0 Å². The summed E-state index contributed by atoms with van der Waals surface area (Å²) in [6, 6.07) is 3.81. The molecule has 9 heteroatoms. The maximum Gasteiger partial charge on any atom is 0.316 e. The molecule has 9 nitrogen and oxygen atoms in total. The van der Waals surface area contributed by atoms with Crippen LogP contribution >= 0.6 is 0 Å². The lowest BCUT2D eigenvalue weighted by Crippen LogP contribution is -2.41. The lowest BCUT2D eigenvalue weighted by molar-refractivity contribution is -0.138. The number of carboxylic acid groups (broad SMARTS) is 1. The number of aryl methyl sites for hydroxylation is 2. The van der Waals surface area contributed by atoms with E-state index in [4.69, 9.17) is 9.72 Å². The SMILES string of the molecule is COc1ncc([C@H](CC(=O)O)NC(=O)C2CC(CCc3ccc4c(n3)NCCC4)C2)cn1. The topological polar surface area (TPSA) is 126 Å². The van der Waals surface area contributed by atoms with Gasteiger partial charge in [0.2, 0.25) is 5.91 Å². The van der Waals surface area contributed by atoms with Crippen molar-refractivity contribution in [2.75, 3.05) is 19.0 Å². The highest BCUT2D eigenvalue weighted by molar-refractivity contribution is 5.80. The van der Waals surface area contributed by atoms with E-state index in [9.17, 15) is 14.7 Å². The van der Waals surface area contributed by atoms with Crippen molar-refractivity contribution in [3.63, 3.8) is 0 Å². The third-order valence-electron chi connectivity index (χ3n) is 6.30. The fourth-order valence-electron chi connectivity index (χ4n) is 4.37. The summed E-state index contributed by atoms with van der Waals surface area (Å²) < 4.78 is 4.94. The van der Waals surface area contributed by atoms with Gasteiger partial charge in [0.25, 0.3) is 0 Å². The first kappa shape index (κ1) is 22.0. The molecule has 170 valence electrons. The number of hydrogen-bond acceptors (Lipinski definition) is 7. The van der Waals surface area contributed by atoms with Crippen molar-refractivity contribution in [2.45, 2.75) is 51.0 Å². The number of rotatable bonds is 9. The van der Waals surface area contributed by atoms with Gasteiger partial charge in [0.05, 0.1) is 19.6 Å². The molecule has 0 unspecified atom stereocenters. The predicted octanol–water partition coefficient (Wildman–Crippen LogP) is 2.53. The van der Waals surface area contributed by atoms with Gasteiger partial charge >= 0.3 is 12.0 Å². The van der Waals surface area contributed by atoms with Crippen LogP contribution < -0.4 is 15.4 Å². The Morgan fingerprint density at radius 1 is 1.28 bits per heavy atom. The van der Waals surface area contributed by atoms with E-state index in [0.29, 0.717) is 11.5 Å². The van der Waals surface area contributed by atoms with Crippen LogP contribution in [0, 0.1) is 11.8 Å². The summed E-state index contributed by atoms with van der Waals surface area (Å²) in [5.74, 6) is 0.308. The molecule has 2 aromatic heterocycles. The van der Waals surface area contributed by atoms with Gasteiger partial charge in [-0.25, -0.2) is 15.0 Å². The summed E-state index contributed by atoms with van der Waals surface area (Å²) >= 11 is 0. The predicted molar refractivity (Wildman–Crippen MR) is 117 cm³/mol. The van der Waals surface area contributed by atoms with Gasteiger partial charge in [-0.05, 0) is 56.1 Å². The second kappa shape index (κ2) is 9.93. The summed E-state index contributed by atoms with van der Waals surface area (Å²) in [6.45, 7) is 0.981. The molecular formula is C23H29N5O4. The molecule has 1 atom stereocenters. The molecule has 1 aliphatic carbocycles. The van der Waals surface area contributed by atoms with Crippen molar-refractivity contribution >= 4 is 17.7 Å². The zero-order valence-electron chi connectivity index (χ0n) is 18.2. The second-order valence-electron chi connectivity index (χ2n) is 8.58. The standard InChI is InChI=1S/C23H29N5O4/c1-32-23-25-12-17(13-26-23)19(11-20(29)30)28-22(31)16-9-14(10-16)4-6-18-7-5-15-3-2-8-24-21(15)27-18/h5,7,12-14,16,19H,2-4,6,8-11H2,1H3,(H,24,27)(H,28,31)(H,29,30)/t14?,16?,19-/m0/s1. The number of fused-ring (bicyclic) bond motifs is 1. The molecule has 0 bridgehead atoms. The molecule has 2 aromatic rings. The second-order valence-corrected chi connectivity index (χ2v) is 8.58. The van der Waals surface area contributed by atoms with Gasteiger partial charge in [-0.1, -0.05) is 6.07 Å². The number of pyridine rings is 1. The fourth-order valence-corrected chi connectivity index (χ4v) is 4.37. The van der Waals surface area contributed by atoms with Crippen LogP contribution in [0.2, 0.25) is 0 Å². The molecule has 1 amide bonds. The number of aromatic nitrogens is 3. The number of aliphatic carboxylic acids is 1. The Labute approximate surface area is 187 Å². The molecule has 32 heavy (non-hydrogen) atoms. The largest absolute Gasteiger partial charge is 0.481 e.